The summed E-state index contributed by atoms with van der Waals surface area (Å²) >= 11 is 0. The topological polar surface area (TPSA) is 52.6 Å². The van der Waals surface area contributed by atoms with Crippen molar-refractivity contribution < 1.29 is 9.90 Å². The Morgan fingerprint density at radius 1 is 1.75 bits per heavy atom. The van der Waals surface area contributed by atoms with Gasteiger partial charge in [-0.3, -0.25) is 0 Å². The predicted octanol–water partition coefficient (Wildman–Crippen LogP) is 0.348. The van der Waals surface area contributed by atoms with Gasteiger partial charge in [-0.25, -0.2) is 4.79 Å². The summed E-state index contributed by atoms with van der Waals surface area (Å²) in [6.07, 6.45) is 0.206. The second kappa shape index (κ2) is 2.36. The molecular weight excluding hydrogens is 156 g/mol. The summed E-state index contributed by atoms with van der Waals surface area (Å²) in [6, 6.07) is 0. The van der Waals surface area contributed by atoms with Crippen LogP contribution in [-0.4, -0.2) is 41.3 Å². The van der Waals surface area contributed by atoms with Crippen LogP contribution in [0, 0.1) is 5.92 Å². The highest BCUT2D eigenvalue weighted by atomic mass is 16.4. The molecule has 2 rings (SSSR count). The van der Waals surface area contributed by atoms with Crippen molar-refractivity contribution in [2.45, 2.75) is 18.9 Å². The highest BCUT2D eigenvalue weighted by molar-refractivity contribution is 5.68. The van der Waals surface area contributed by atoms with Crippen LogP contribution in [0.4, 0.5) is 4.79 Å². The van der Waals surface area contributed by atoms with Crippen molar-refractivity contribution in [3.63, 3.8) is 0 Å². The Bertz CT molecular complexity index is 211. The van der Waals surface area contributed by atoms with Gasteiger partial charge in [0.15, 0.2) is 0 Å². The van der Waals surface area contributed by atoms with E-state index in [9.17, 15) is 4.79 Å². The van der Waals surface area contributed by atoms with Crippen molar-refractivity contribution in [1.29, 1.82) is 0 Å². The van der Waals surface area contributed by atoms with Crippen molar-refractivity contribution in [1.82, 2.24) is 10.2 Å². The zero-order valence-corrected chi connectivity index (χ0v) is 7.21. The zero-order chi connectivity index (χ0) is 8.77. The summed E-state index contributed by atoms with van der Waals surface area (Å²) in [6.45, 7) is 4.62. The first-order valence-corrected chi connectivity index (χ1v) is 4.38. The fourth-order valence-electron chi connectivity index (χ4n) is 2.40. The van der Waals surface area contributed by atoms with Gasteiger partial charge in [0, 0.05) is 13.1 Å². The molecule has 0 aliphatic carbocycles. The van der Waals surface area contributed by atoms with Gasteiger partial charge in [-0.05, 0) is 18.9 Å². The SMILES string of the molecule is C[C@H]1CN(C(=O)O)[C@]12CCNC2. The Morgan fingerprint density at radius 2 is 2.50 bits per heavy atom. The summed E-state index contributed by atoms with van der Waals surface area (Å²) in [4.78, 5) is 12.4. The van der Waals surface area contributed by atoms with Gasteiger partial charge in [0.05, 0.1) is 5.54 Å². The molecule has 0 aromatic rings. The van der Waals surface area contributed by atoms with Crippen molar-refractivity contribution >= 4 is 6.09 Å². The molecule has 0 aromatic carbocycles. The number of amides is 1. The highest BCUT2D eigenvalue weighted by Crippen LogP contribution is 2.40. The fraction of sp³-hybridized carbons (Fsp3) is 0.875. The molecule has 4 nitrogen and oxygen atoms in total. The van der Waals surface area contributed by atoms with Crippen LogP contribution in [0.2, 0.25) is 0 Å². The molecule has 2 heterocycles. The molecule has 2 fully saturated rings. The van der Waals surface area contributed by atoms with E-state index in [4.69, 9.17) is 5.11 Å². The Labute approximate surface area is 71.5 Å². The quantitative estimate of drug-likeness (QED) is 0.551. The zero-order valence-electron chi connectivity index (χ0n) is 7.21. The molecule has 2 atom stereocenters. The van der Waals surface area contributed by atoms with Crippen molar-refractivity contribution in [3.05, 3.63) is 0 Å². The first-order valence-electron chi connectivity index (χ1n) is 4.38. The molecule has 4 heteroatoms. The normalized spacial score (nSPS) is 40.1. The molecule has 0 unspecified atom stereocenters. The maximum Gasteiger partial charge on any atom is 0.407 e. The van der Waals surface area contributed by atoms with Gasteiger partial charge in [-0.15, -0.1) is 0 Å². The lowest BCUT2D eigenvalue weighted by atomic mass is 9.74. The fourth-order valence-corrected chi connectivity index (χ4v) is 2.40. The second-order valence-corrected chi connectivity index (χ2v) is 3.82. The van der Waals surface area contributed by atoms with Gasteiger partial charge < -0.3 is 15.3 Å². The summed E-state index contributed by atoms with van der Waals surface area (Å²) < 4.78 is 0. The van der Waals surface area contributed by atoms with Crippen LogP contribution < -0.4 is 5.32 Å². The summed E-state index contributed by atoms with van der Waals surface area (Å²) in [5.74, 6) is 0.517. The minimum atomic E-state index is -0.767. The number of hydrogen-bond donors (Lipinski definition) is 2. The van der Waals surface area contributed by atoms with E-state index in [2.05, 4.69) is 12.2 Å². The number of carbonyl (C=O) groups is 1. The molecular formula is C8H14N2O2. The van der Waals surface area contributed by atoms with Gasteiger partial charge in [0.1, 0.15) is 0 Å². The molecule has 12 heavy (non-hydrogen) atoms. The van der Waals surface area contributed by atoms with Gasteiger partial charge in [0.25, 0.3) is 0 Å². The van der Waals surface area contributed by atoms with E-state index in [1.54, 1.807) is 4.90 Å². The molecule has 2 N–H and O–H groups in total. The number of hydrogen-bond acceptors (Lipinski definition) is 2. The van der Waals surface area contributed by atoms with Gasteiger partial charge >= 0.3 is 6.09 Å². The third kappa shape index (κ3) is 0.784. The summed E-state index contributed by atoms with van der Waals surface area (Å²) in [5.41, 5.74) is -0.0637. The monoisotopic (exact) mass is 170 g/mol. The lowest BCUT2D eigenvalue weighted by Gasteiger charge is -2.54. The van der Waals surface area contributed by atoms with E-state index >= 15 is 0 Å². The Kier molecular flexibility index (Phi) is 1.54. The lowest BCUT2D eigenvalue weighted by Crippen LogP contribution is -2.68. The van der Waals surface area contributed by atoms with Crippen LogP contribution in [0.1, 0.15) is 13.3 Å². The third-order valence-electron chi connectivity index (χ3n) is 3.31. The van der Waals surface area contributed by atoms with Crippen LogP contribution in [0.15, 0.2) is 0 Å². The van der Waals surface area contributed by atoms with E-state index in [1.807, 2.05) is 0 Å². The summed E-state index contributed by atoms with van der Waals surface area (Å²) in [5, 5.41) is 12.1. The van der Waals surface area contributed by atoms with E-state index in [0.29, 0.717) is 12.5 Å². The molecule has 2 aliphatic rings. The maximum atomic E-state index is 10.8. The molecule has 1 spiro atoms. The molecule has 2 aliphatic heterocycles. The van der Waals surface area contributed by atoms with Crippen LogP contribution >= 0.6 is 0 Å². The van der Waals surface area contributed by atoms with Crippen molar-refractivity contribution in [3.8, 4) is 0 Å². The van der Waals surface area contributed by atoms with Crippen LogP contribution in [0.25, 0.3) is 0 Å². The van der Waals surface area contributed by atoms with E-state index in [1.165, 1.54) is 0 Å². The molecule has 0 saturated carbocycles. The Morgan fingerprint density at radius 3 is 2.92 bits per heavy atom. The summed E-state index contributed by atoms with van der Waals surface area (Å²) in [7, 11) is 0. The average Bonchev–Trinajstić information content (AvgIpc) is 2.49. The Hall–Kier alpha value is -0.770. The lowest BCUT2D eigenvalue weighted by molar-refractivity contribution is -0.0391. The second-order valence-electron chi connectivity index (χ2n) is 3.82. The van der Waals surface area contributed by atoms with Crippen LogP contribution in [0.5, 0.6) is 0 Å². The van der Waals surface area contributed by atoms with E-state index < -0.39 is 6.09 Å². The predicted molar refractivity (Wildman–Crippen MR) is 44.1 cm³/mol. The largest absolute Gasteiger partial charge is 0.465 e. The first-order chi connectivity index (χ1) is 5.67. The number of nitrogens with one attached hydrogen (secondary N) is 1. The van der Waals surface area contributed by atoms with Gasteiger partial charge in [0.2, 0.25) is 0 Å². The number of likely N-dealkylation sites (tertiary alicyclic amines) is 1. The minimum Gasteiger partial charge on any atom is -0.465 e. The number of nitrogens with zero attached hydrogens (tertiary/aromatic N) is 1. The number of carboxylic acid groups (broad SMARTS) is 1. The van der Waals surface area contributed by atoms with Crippen LogP contribution in [0.3, 0.4) is 0 Å². The van der Waals surface area contributed by atoms with E-state index in [0.717, 1.165) is 19.5 Å². The molecule has 1 amide bonds. The molecule has 2 saturated heterocycles. The van der Waals surface area contributed by atoms with Crippen molar-refractivity contribution in [2.24, 2.45) is 5.92 Å². The Balaban J connectivity index is 2.15. The van der Waals surface area contributed by atoms with Crippen molar-refractivity contribution in [2.75, 3.05) is 19.6 Å². The first kappa shape index (κ1) is 7.86. The van der Waals surface area contributed by atoms with E-state index in [-0.39, 0.29) is 5.54 Å². The van der Waals surface area contributed by atoms with Gasteiger partial charge in [-0.2, -0.15) is 0 Å². The highest BCUT2D eigenvalue weighted by Gasteiger charge is 2.54. The maximum absolute atomic E-state index is 10.8. The average molecular weight is 170 g/mol. The van der Waals surface area contributed by atoms with Crippen LogP contribution in [-0.2, 0) is 0 Å². The molecule has 0 aromatic heterocycles. The minimum absolute atomic E-state index is 0.0637. The standard InChI is InChI=1S/C8H14N2O2/c1-6-4-10(7(11)12)8(6)2-3-9-5-8/h6,9H,2-5H2,1H3,(H,11,12)/t6-,8-/m0/s1. The molecule has 0 radical (unpaired) electrons. The van der Waals surface area contributed by atoms with Gasteiger partial charge in [-0.1, -0.05) is 6.92 Å². The molecule has 68 valence electrons. The smallest absolute Gasteiger partial charge is 0.407 e. The number of rotatable bonds is 0. The third-order valence-corrected chi connectivity index (χ3v) is 3.31. The molecule has 0 bridgehead atoms.